The molecule has 0 unspecified atom stereocenters. The Morgan fingerprint density at radius 2 is 0.918 bits per heavy atom. The van der Waals surface area contributed by atoms with E-state index < -0.39 is 0 Å². The molecule has 0 aromatic carbocycles. The molecule has 0 radical (unpaired) electrons. The summed E-state index contributed by atoms with van der Waals surface area (Å²) in [6.45, 7) is 11.7. The predicted molar refractivity (Wildman–Crippen MR) is 217 cm³/mol. The second-order valence-electron chi connectivity index (χ2n) is 14.6. The smallest absolute Gasteiger partial charge is 0.235 e. The number of amides is 1. The van der Waals surface area contributed by atoms with Crippen molar-refractivity contribution in [1.82, 2.24) is 20.2 Å². The SMILES string of the molecule is CCCCC/C=C\C/C=C\CCCCCCCCN(CCCCCCCC/C=C\C/C=C\CCCCC)NC(=O)CCN1CCN(C)CC1. The van der Waals surface area contributed by atoms with Crippen LogP contribution >= 0.6 is 0 Å². The number of rotatable bonds is 34. The van der Waals surface area contributed by atoms with Crippen LogP contribution in [0.2, 0.25) is 0 Å². The summed E-state index contributed by atoms with van der Waals surface area (Å²) in [5.74, 6) is 0.194. The molecule has 0 aliphatic carbocycles. The van der Waals surface area contributed by atoms with Gasteiger partial charge in [0, 0.05) is 52.2 Å². The van der Waals surface area contributed by atoms with Crippen molar-refractivity contribution in [1.29, 1.82) is 0 Å². The van der Waals surface area contributed by atoms with Crippen molar-refractivity contribution < 1.29 is 4.79 Å². The van der Waals surface area contributed by atoms with E-state index in [-0.39, 0.29) is 5.91 Å². The Balaban J connectivity index is 2.19. The quantitative estimate of drug-likeness (QED) is 0.0416. The third-order valence-corrected chi connectivity index (χ3v) is 9.79. The molecule has 5 heteroatoms. The zero-order valence-electron chi connectivity index (χ0n) is 33.0. The summed E-state index contributed by atoms with van der Waals surface area (Å²) in [6, 6.07) is 0. The number of allylic oxidation sites excluding steroid dienone is 8. The van der Waals surface area contributed by atoms with Gasteiger partial charge in [0.15, 0.2) is 0 Å². The normalized spacial score (nSPS) is 14.9. The fraction of sp³-hybridized carbons (Fsp3) is 0.795. The molecule has 49 heavy (non-hydrogen) atoms. The van der Waals surface area contributed by atoms with Gasteiger partial charge in [-0.25, -0.2) is 5.01 Å². The highest BCUT2D eigenvalue weighted by molar-refractivity contribution is 5.75. The summed E-state index contributed by atoms with van der Waals surface area (Å²) in [5.41, 5.74) is 3.30. The molecule has 1 fully saturated rings. The number of likely N-dealkylation sites (N-methyl/N-ethyl adjacent to an activating group) is 1. The molecule has 1 heterocycles. The minimum Gasteiger partial charge on any atom is -0.304 e. The number of hydrazine groups is 1. The lowest BCUT2D eigenvalue weighted by Gasteiger charge is -2.32. The standard InChI is InChI=1S/C44H82N4O/c1-4-6-8-10-12-14-16-18-20-22-24-26-28-30-32-34-37-48(45-44(49)36-39-47-42-40-46(3)41-43-47)38-35-33-31-29-27-25-23-21-19-17-15-13-11-9-7-5-2/h12-15,18-21H,4-11,16-17,22-43H2,1-3H3,(H,45,49)/b14-12-,15-13-,20-18-,21-19-. The second kappa shape index (κ2) is 36.1. The zero-order chi connectivity index (χ0) is 35.3. The summed E-state index contributed by atoms with van der Waals surface area (Å²) in [4.78, 5) is 17.7. The van der Waals surface area contributed by atoms with Gasteiger partial charge in [-0.2, -0.15) is 0 Å². The number of nitrogens with zero attached hydrogens (tertiary/aromatic N) is 3. The molecule has 1 amide bonds. The van der Waals surface area contributed by atoms with Gasteiger partial charge in [0.1, 0.15) is 0 Å². The number of carbonyl (C=O) groups is 1. The Labute approximate surface area is 306 Å². The lowest BCUT2D eigenvalue weighted by Crippen LogP contribution is -2.47. The Morgan fingerprint density at radius 3 is 1.35 bits per heavy atom. The van der Waals surface area contributed by atoms with Crippen LogP contribution in [0.1, 0.15) is 174 Å². The highest BCUT2D eigenvalue weighted by atomic mass is 16.2. The molecular formula is C44H82N4O. The number of carbonyl (C=O) groups excluding carboxylic acids is 1. The molecule has 0 aromatic rings. The van der Waals surface area contributed by atoms with Gasteiger partial charge >= 0.3 is 0 Å². The lowest BCUT2D eigenvalue weighted by atomic mass is 10.1. The van der Waals surface area contributed by atoms with Crippen molar-refractivity contribution in [3.8, 4) is 0 Å². The zero-order valence-corrected chi connectivity index (χ0v) is 33.0. The number of hydrogen-bond acceptors (Lipinski definition) is 4. The van der Waals surface area contributed by atoms with E-state index in [1.54, 1.807) is 0 Å². The van der Waals surface area contributed by atoms with E-state index in [1.165, 1.54) is 141 Å². The predicted octanol–water partition coefficient (Wildman–Crippen LogP) is 11.6. The van der Waals surface area contributed by atoms with E-state index in [2.05, 4.69) is 89.7 Å². The van der Waals surface area contributed by atoms with E-state index >= 15 is 0 Å². The largest absolute Gasteiger partial charge is 0.304 e. The number of hydrogen-bond donors (Lipinski definition) is 1. The first-order chi connectivity index (χ1) is 24.2. The maximum Gasteiger partial charge on any atom is 0.235 e. The van der Waals surface area contributed by atoms with E-state index in [0.717, 1.165) is 58.7 Å². The van der Waals surface area contributed by atoms with Crippen LogP contribution in [-0.2, 0) is 4.79 Å². The first kappa shape index (κ1) is 45.3. The Morgan fingerprint density at radius 1 is 0.531 bits per heavy atom. The summed E-state index contributed by atoms with van der Waals surface area (Å²) < 4.78 is 0. The molecule has 1 aliphatic rings. The van der Waals surface area contributed by atoms with Crippen LogP contribution in [-0.4, -0.2) is 73.6 Å². The third kappa shape index (κ3) is 32.0. The van der Waals surface area contributed by atoms with Crippen molar-refractivity contribution in [3.63, 3.8) is 0 Å². The molecule has 1 aliphatic heterocycles. The maximum absolute atomic E-state index is 12.9. The molecular weight excluding hydrogens is 601 g/mol. The number of nitrogens with one attached hydrogen (secondary N) is 1. The van der Waals surface area contributed by atoms with Crippen LogP contribution in [0, 0.1) is 0 Å². The number of unbranched alkanes of at least 4 members (excludes halogenated alkanes) is 18. The van der Waals surface area contributed by atoms with E-state index in [1.807, 2.05) is 0 Å². The van der Waals surface area contributed by atoms with Gasteiger partial charge in [0.2, 0.25) is 5.91 Å². The van der Waals surface area contributed by atoms with Crippen LogP contribution in [0.15, 0.2) is 48.6 Å². The molecule has 0 aromatic heterocycles. The van der Waals surface area contributed by atoms with Gasteiger partial charge in [-0.05, 0) is 84.1 Å². The van der Waals surface area contributed by atoms with Crippen LogP contribution in [0.25, 0.3) is 0 Å². The molecule has 1 rings (SSSR count). The van der Waals surface area contributed by atoms with Gasteiger partial charge in [-0.15, -0.1) is 0 Å². The molecule has 0 bridgehead atoms. The van der Waals surface area contributed by atoms with E-state index in [4.69, 9.17) is 0 Å². The molecule has 5 nitrogen and oxygen atoms in total. The Bertz CT molecular complexity index is 779. The molecule has 0 atom stereocenters. The van der Waals surface area contributed by atoms with Gasteiger partial charge in [0.25, 0.3) is 0 Å². The third-order valence-electron chi connectivity index (χ3n) is 9.79. The molecule has 0 spiro atoms. The van der Waals surface area contributed by atoms with Crippen LogP contribution in [0.5, 0.6) is 0 Å². The van der Waals surface area contributed by atoms with Gasteiger partial charge < -0.3 is 9.80 Å². The minimum absolute atomic E-state index is 0.194. The highest BCUT2D eigenvalue weighted by Crippen LogP contribution is 2.11. The average Bonchev–Trinajstić information content (AvgIpc) is 3.10. The first-order valence-corrected chi connectivity index (χ1v) is 21.2. The van der Waals surface area contributed by atoms with Crippen LogP contribution < -0.4 is 5.43 Å². The van der Waals surface area contributed by atoms with Crippen molar-refractivity contribution >= 4 is 5.91 Å². The van der Waals surface area contributed by atoms with E-state index in [0.29, 0.717) is 6.42 Å². The van der Waals surface area contributed by atoms with Gasteiger partial charge in [0.05, 0.1) is 0 Å². The fourth-order valence-corrected chi connectivity index (χ4v) is 6.37. The van der Waals surface area contributed by atoms with Crippen molar-refractivity contribution in [2.75, 3.05) is 52.9 Å². The van der Waals surface area contributed by atoms with Crippen molar-refractivity contribution in [2.45, 2.75) is 174 Å². The van der Waals surface area contributed by atoms with Crippen LogP contribution in [0.4, 0.5) is 0 Å². The van der Waals surface area contributed by atoms with Gasteiger partial charge in [-0.3, -0.25) is 10.2 Å². The lowest BCUT2D eigenvalue weighted by molar-refractivity contribution is -0.126. The topological polar surface area (TPSA) is 38.8 Å². The summed E-state index contributed by atoms with van der Waals surface area (Å²) >= 11 is 0. The highest BCUT2D eigenvalue weighted by Gasteiger charge is 2.16. The van der Waals surface area contributed by atoms with Gasteiger partial charge in [-0.1, -0.05) is 140 Å². The molecule has 1 N–H and O–H groups in total. The van der Waals surface area contributed by atoms with Crippen molar-refractivity contribution in [2.24, 2.45) is 0 Å². The second-order valence-corrected chi connectivity index (χ2v) is 14.6. The Hall–Kier alpha value is -1.69. The summed E-state index contributed by atoms with van der Waals surface area (Å²) in [7, 11) is 2.18. The summed E-state index contributed by atoms with van der Waals surface area (Å²) in [6.07, 6.45) is 49.8. The first-order valence-electron chi connectivity index (χ1n) is 21.2. The maximum atomic E-state index is 12.9. The van der Waals surface area contributed by atoms with Crippen LogP contribution in [0.3, 0.4) is 0 Å². The molecule has 284 valence electrons. The monoisotopic (exact) mass is 683 g/mol. The molecule has 0 saturated carbocycles. The van der Waals surface area contributed by atoms with Crippen molar-refractivity contribution in [3.05, 3.63) is 48.6 Å². The molecule has 1 saturated heterocycles. The average molecular weight is 683 g/mol. The number of piperazine rings is 1. The summed E-state index contributed by atoms with van der Waals surface area (Å²) in [5, 5.41) is 2.25. The van der Waals surface area contributed by atoms with E-state index in [9.17, 15) is 4.79 Å². The Kier molecular flexibility index (Phi) is 33.4. The fourth-order valence-electron chi connectivity index (χ4n) is 6.37. The minimum atomic E-state index is 0.194.